The average Bonchev–Trinajstić information content (AvgIpc) is 3.30. The molecule has 2 aromatic rings. The Kier molecular flexibility index (Phi) is 6.48. The van der Waals surface area contributed by atoms with Crippen LogP contribution in [-0.4, -0.2) is 72.0 Å². The Balaban J connectivity index is 1.31. The van der Waals surface area contributed by atoms with E-state index in [1.165, 1.54) is 59.0 Å². The van der Waals surface area contributed by atoms with Crippen molar-refractivity contribution in [1.29, 1.82) is 0 Å². The summed E-state index contributed by atoms with van der Waals surface area (Å²) in [6, 6.07) is 4.10. The normalized spacial score (nSPS) is 21.6. The van der Waals surface area contributed by atoms with Gasteiger partial charge in [0.25, 0.3) is 0 Å². The van der Waals surface area contributed by atoms with E-state index in [0.717, 1.165) is 42.7 Å². The van der Waals surface area contributed by atoms with E-state index in [1.54, 1.807) is 16.9 Å². The highest BCUT2D eigenvalue weighted by Gasteiger charge is 2.38. The molecule has 0 unspecified atom stereocenters. The monoisotopic (exact) mass is 468 g/mol. The zero-order valence-electron chi connectivity index (χ0n) is 20.3. The number of benzene rings is 1. The van der Waals surface area contributed by atoms with E-state index in [-0.39, 0.29) is 10.6 Å². The van der Waals surface area contributed by atoms with Gasteiger partial charge in [-0.05, 0) is 70.1 Å². The molecule has 9 heteroatoms. The molecule has 1 spiro atoms. The van der Waals surface area contributed by atoms with Crippen molar-refractivity contribution in [3.05, 3.63) is 34.6 Å². The van der Waals surface area contributed by atoms with Gasteiger partial charge < -0.3 is 19.9 Å². The molecule has 0 saturated carbocycles. The Morgan fingerprint density at radius 3 is 2.41 bits per heavy atom. The number of ether oxygens (including phenoxy) is 1. The van der Waals surface area contributed by atoms with Crippen LogP contribution < -0.4 is 15.0 Å². The number of likely N-dealkylation sites (tertiary alicyclic amines) is 1. The van der Waals surface area contributed by atoms with Crippen molar-refractivity contribution < 1.29 is 9.66 Å². The molecule has 5 rings (SSSR count). The van der Waals surface area contributed by atoms with Crippen LogP contribution in [0.5, 0.6) is 5.75 Å². The molecule has 9 nitrogen and oxygen atoms in total. The van der Waals surface area contributed by atoms with Crippen molar-refractivity contribution in [2.45, 2.75) is 44.6 Å². The third-order valence-corrected chi connectivity index (χ3v) is 8.35. The highest BCUT2D eigenvalue weighted by atomic mass is 16.6. The number of aromatic nitrogens is 2. The van der Waals surface area contributed by atoms with Gasteiger partial charge in [0.15, 0.2) is 5.75 Å². The Hall–Kier alpha value is -2.65. The molecule has 0 aliphatic carbocycles. The first-order valence-corrected chi connectivity index (χ1v) is 12.5. The number of methoxy groups -OCH3 is 1. The largest absolute Gasteiger partial charge is 0.490 e. The van der Waals surface area contributed by atoms with Crippen LogP contribution in [0.25, 0.3) is 11.1 Å². The van der Waals surface area contributed by atoms with E-state index in [2.05, 4.69) is 20.2 Å². The first-order chi connectivity index (χ1) is 16.5. The fourth-order valence-corrected chi connectivity index (χ4v) is 6.21. The summed E-state index contributed by atoms with van der Waals surface area (Å²) in [4.78, 5) is 16.4. The van der Waals surface area contributed by atoms with Gasteiger partial charge in [0, 0.05) is 61.3 Å². The smallest absolute Gasteiger partial charge is 0.311 e. The third-order valence-electron chi connectivity index (χ3n) is 8.35. The number of anilines is 1. The Morgan fingerprint density at radius 2 is 1.82 bits per heavy atom. The summed E-state index contributed by atoms with van der Waals surface area (Å²) in [6.45, 7) is 6.66. The van der Waals surface area contributed by atoms with E-state index in [1.807, 2.05) is 19.3 Å². The molecule has 184 valence electrons. The summed E-state index contributed by atoms with van der Waals surface area (Å²) in [5.41, 5.74) is 3.27. The number of hydrogen-bond donors (Lipinski definition) is 1. The summed E-state index contributed by atoms with van der Waals surface area (Å²) in [7, 11) is 3.35. The fourth-order valence-electron chi connectivity index (χ4n) is 6.21. The zero-order valence-corrected chi connectivity index (χ0v) is 20.3. The summed E-state index contributed by atoms with van der Waals surface area (Å²) in [5.74, 6) is 0.304. The Morgan fingerprint density at radius 1 is 1.12 bits per heavy atom. The SMILES string of the molecule is COc1cc(N2CCC(N3CCC4(CCNCC4)CC3)CC2)c(-c2cnn(C)c2)cc1[N+](=O)[O-]. The minimum absolute atomic E-state index is 0.0138. The lowest BCUT2D eigenvalue weighted by Crippen LogP contribution is -2.51. The highest BCUT2D eigenvalue weighted by Crippen LogP contribution is 2.43. The molecule has 1 aromatic carbocycles. The third kappa shape index (κ3) is 4.51. The maximum Gasteiger partial charge on any atom is 0.311 e. The van der Waals surface area contributed by atoms with Crippen molar-refractivity contribution in [1.82, 2.24) is 20.0 Å². The van der Waals surface area contributed by atoms with Crippen LogP contribution in [0.1, 0.15) is 38.5 Å². The van der Waals surface area contributed by atoms with E-state index < -0.39 is 0 Å². The van der Waals surface area contributed by atoms with Gasteiger partial charge in [-0.15, -0.1) is 0 Å². The maximum atomic E-state index is 11.7. The molecule has 0 bridgehead atoms. The van der Waals surface area contributed by atoms with Crippen molar-refractivity contribution in [3.63, 3.8) is 0 Å². The van der Waals surface area contributed by atoms with Crippen molar-refractivity contribution in [2.75, 3.05) is 51.3 Å². The van der Waals surface area contributed by atoms with Crippen LogP contribution in [-0.2, 0) is 7.05 Å². The second-order valence-corrected chi connectivity index (χ2v) is 10.2. The van der Waals surface area contributed by atoms with Crippen LogP contribution >= 0.6 is 0 Å². The zero-order chi connectivity index (χ0) is 23.7. The van der Waals surface area contributed by atoms with Crippen LogP contribution in [0.2, 0.25) is 0 Å². The molecule has 3 aliphatic rings. The summed E-state index contributed by atoms with van der Waals surface area (Å²) >= 11 is 0. The topological polar surface area (TPSA) is 88.7 Å². The lowest BCUT2D eigenvalue weighted by Gasteiger charge is -2.48. The number of nitrogens with one attached hydrogen (secondary N) is 1. The predicted molar refractivity (Wildman–Crippen MR) is 132 cm³/mol. The minimum atomic E-state index is -0.375. The van der Waals surface area contributed by atoms with Crippen LogP contribution in [0.3, 0.4) is 0 Å². The van der Waals surface area contributed by atoms with E-state index >= 15 is 0 Å². The molecule has 1 N–H and O–H groups in total. The van der Waals surface area contributed by atoms with Gasteiger partial charge in [0.1, 0.15) is 0 Å². The van der Waals surface area contributed by atoms with Gasteiger partial charge in [0.2, 0.25) is 0 Å². The second kappa shape index (κ2) is 9.54. The maximum absolute atomic E-state index is 11.7. The standard InChI is InChI=1S/C25H36N6O3/c1-28-18-19(17-27-28)21-15-23(31(32)33)24(34-2)16-22(21)30-11-3-20(4-12-30)29-13-7-25(8-14-29)5-9-26-10-6-25/h15-18,20,26H,3-14H2,1-2H3. The van der Waals surface area contributed by atoms with E-state index in [4.69, 9.17) is 4.74 Å². The fraction of sp³-hybridized carbons (Fsp3) is 0.640. The number of hydrogen-bond acceptors (Lipinski definition) is 7. The number of nitrogens with zero attached hydrogens (tertiary/aromatic N) is 5. The Bertz CT molecular complexity index is 1010. The predicted octanol–water partition coefficient (Wildman–Crippen LogP) is 3.44. The number of rotatable bonds is 5. The lowest BCUT2D eigenvalue weighted by atomic mass is 9.71. The molecule has 3 aliphatic heterocycles. The number of nitro groups is 1. The molecule has 0 amide bonds. The van der Waals surface area contributed by atoms with Crippen molar-refractivity contribution >= 4 is 11.4 Å². The van der Waals surface area contributed by atoms with Gasteiger partial charge in [-0.1, -0.05) is 0 Å². The highest BCUT2D eigenvalue weighted by molar-refractivity contribution is 5.82. The van der Waals surface area contributed by atoms with Crippen molar-refractivity contribution in [2.24, 2.45) is 12.5 Å². The minimum Gasteiger partial charge on any atom is -0.490 e. The summed E-state index contributed by atoms with van der Waals surface area (Å²) in [5, 5.41) is 19.5. The number of piperidine rings is 3. The van der Waals surface area contributed by atoms with Crippen LogP contribution in [0, 0.1) is 15.5 Å². The summed E-state index contributed by atoms with van der Waals surface area (Å²) < 4.78 is 7.13. The van der Waals surface area contributed by atoms with Gasteiger partial charge in [0.05, 0.1) is 18.2 Å². The molecule has 0 radical (unpaired) electrons. The van der Waals surface area contributed by atoms with E-state index in [0.29, 0.717) is 17.2 Å². The molecule has 0 atom stereocenters. The summed E-state index contributed by atoms with van der Waals surface area (Å²) in [6.07, 6.45) is 11.2. The van der Waals surface area contributed by atoms with Crippen LogP contribution in [0.4, 0.5) is 11.4 Å². The number of nitro benzene ring substituents is 1. The second-order valence-electron chi connectivity index (χ2n) is 10.2. The average molecular weight is 469 g/mol. The van der Waals surface area contributed by atoms with Crippen LogP contribution in [0.15, 0.2) is 24.5 Å². The molecular weight excluding hydrogens is 432 g/mol. The van der Waals surface area contributed by atoms with Gasteiger partial charge in [-0.3, -0.25) is 14.8 Å². The quantitative estimate of drug-likeness (QED) is 0.531. The first-order valence-electron chi connectivity index (χ1n) is 12.5. The first kappa shape index (κ1) is 23.1. The van der Waals surface area contributed by atoms with Gasteiger partial charge in [-0.25, -0.2) is 0 Å². The molecule has 3 saturated heterocycles. The molecule has 4 heterocycles. The Labute approximate surface area is 201 Å². The van der Waals surface area contributed by atoms with Crippen molar-refractivity contribution in [3.8, 4) is 16.9 Å². The molecule has 1 aromatic heterocycles. The molecule has 34 heavy (non-hydrogen) atoms. The number of aryl methyl sites for hydroxylation is 1. The van der Waals surface area contributed by atoms with Gasteiger partial charge >= 0.3 is 5.69 Å². The lowest BCUT2D eigenvalue weighted by molar-refractivity contribution is -0.385. The van der Waals surface area contributed by atoms with Gasteiger partial charge in [-0.2, -0.15) is 5.10 Å². The molecular formula is C25H36N6O3. The van der Waals surface area contributed by atoms with E-state index in [9.17, 15) is 10.1 Å². The molecule has 3 fully saturated rings.